The molecule has 0 spiro atoms. The molecule has 3 N–H and O–H groups in total. The van der Waals surface area contributed by atoms with Gasteiger partial charge in [0.25, 0.3) is 0 Å². The fourth-order valence-electron chi connectivity index (χ4n) is 2.82. The second-order valence-electron chi connectivity index (χ2n) is 5.62. The second-order valence-corrected chi connectivity index (χ2v) is 5.62. The van der Waals surface area contributed by atoms with Crippen molar-refractivity contribution in [3.63, 3.8) is 0 Å². The van der Waals surface area contributed by atoms with E-state index in [-0.39, 0.29) is 17.6 Å². The summed E-state index contributed by atoms with van der Waals surface area (Å²) in [6.07, 6.45) is 1.14. The molecule has 5 nitrogen and oxygen atoms in total. The van der Waals surface area contributed by atoms with Gasteiger partial charge in [0.05, 0.1) is 11.8 Å². The van der Waals surface area contributed by atoms with E-state index < -0.39 is 17.8 Å². The molecule has 0 heterocycles. The maximum absolute atomic E-state index is 12.2. The number of carbonyl (C=O) groups is 2. The van der Waals surface area contributed by atoms with Gasteiger partial charge in [-0.1, -0.05) is 6.92 Å². The molecule has 1 unspecified atom stereocenters. The van der Waals surface area contributed by atoms with Crippen molar-refractivity contribution in [2.24, 2.45) is 17.8 Å². The van der Waals surface area contributed by atoms with Crippen molar-refractivity contribution in [2.75, 3.05) is 5.32 Å². The Morgan fingerprint density at radius 1 is 1.25 bits per heavy atom. The Morgan fingerprint density at radius 2 is 1.90 bits per heavy atom. The quantitative estimate of drug-likeness (QED) is 0.740. The van der Waals surface area contributed by atoms with Gasteiger partial charge in [-0.2, -0.15) is 0 Å². The predicted molar refractivity (Wildman–Crippen MR) is 74.5 cm³/mol. The van der Waals surface area contributed by atoms with E-state index in [1.54, 1.807) is 19.1 Å². The predicted octanol–water partition coefficient (Wildman–Crippen LogP) is 2.39. The molecule has 0 radical (unpaired) electrons. The molecule has 1 saturated carbocycles. The molecule has 1 aliphatic rings. The Labute approximate surface area is 117 Å². The van der Waals surface area contributed by atoms with Crippen LogP contribution in [0.2, 0.25) is 0 Å². The molecule has 1 aromatic carbocycles. The number of amides is 1. The molecular weight excluding hydrogens is 258 g/mol. The Balaban J connectivity index is 2.11. The average Bonchev–Trinajstić information content (AvgIpc) is 2.76. The van der Waals surface area contributed by atoms with E-state index in [2.05, 4.69) is 5.32 Å². The number of aryl methyl sites for hydroxylation is 1. The summed E-state index contributed by atoms with van der Waals surface area (Å²) in [7, 11) is 0. The third-order valence-corrected chi connectivity index (χ3v) is 3.92. The van der Waals surface area contributed by atoms with Gasteiger partial charge in [-0.3, -0.25) is 9.59 Å². The van der Waals surface area contributed by atoms with Gasteiger partial charge in [-0.05, 0) is 49.4 Å². The molecule has 1 amide bonds. The summed E-state index contributed by atoms with van der Waals surface area (Å²) in [6.45, 7) is 3.70. The summed E-state index contributed by atoms with van der Waals surface area (Å²) >= 11 is 0. The van der Waals surface area contributed by atoms with Crippen LogP contribution in [0.3, 0.4) is 0 Å². The Hall–Kier alpha value is -2.04. The van der Waals surface area contributed by atoms with E-state index in [0.29, 0.717) is 24.1 Å². The van der Waals surface area contributed by atoms with E-state index in [1.807, 2.05) is 6.92 Å². The summed E-state index contributed by atoms with van der Waals surface area (Å²) in [5.41, 5.74) is 1.24. The van der Waals surface area contributed by atoms with Crippen LogP contribution in [-0.4, -0.2) is 22.1 Å². The Bertz CT molecular complexity index is 541. The van der Waals surface area contributed by atoms with Gasteiger partial charge < -0.3 is 15.5 Å². The molecule has 0 aliphatic heterocycles. The number of hydrogen-bond donors (Lipinski definition) is 3. The summed E-state index contributed by atoms with van der Waals surface area (Å²) in [6, 6.07) is 4.78. The van der Waals surface area contributed by atoms with Crippen LogP contribution in [0.15, 0.2) is 18.2 Å². The molecule has 1 aliphatic carbocycles. The Kier molecular flexibility index (Phi) is 3.97. The van der Waals surface area contributed by atoms with Gasteiger partial charge in [-0.15, -0.1) is 0 Å². The zero-order valence-corrected chi connectivity index (χ0v) is 11.6. The normalized spacial score (nSPS) is 25.4. The molecule has 0 saturated heterocycles. The van der Waals surface area contributed by atoms with E-state index >= 15 is 0 Å². The third-order valence-electron chi connectivity index (χ3n) is 3.92. The first kappa shape index (κ1) is 14.4. The number of nitrogens with one attached hydrogen (secondary N) is 1. The van der Waals surface area contributed by atoms with Gasteiger partial charge in [0.15, 0.2) is 0 Å². The third kappa shape index (κ3) is 2.92. The highest BCUT2D eigenvalue weighted by atomic mass is 16.4. The minimum Gasteiger partial charge on any atom is -0.508 e. The van der Waals surface area contributed by atoms with Crippen molar-refractivity contribution >= 4 is 17.6 Å². The molecule has 1 fully saturated rings. The van der Waals surface area contributed by atoms with Crippen LogP contribution in [0.5, 0.6) is 5.75 Å². The number of phenols is 1. The lowest BCUT2D eigenvalue weighted by molar-refractivity contribution is -0.145. The van der Waals surface area contributed by atoms with Crippen LogP contribution in [0.25, 0.3) is 0 Å². The number of benzene rings is 1. The topological polar surface area (TPSA) is 86.6 Å². The van der Waals surface area contributed by atoms with Crippen LogP contribution in [0.1, 0.15) is 25.3 Å². The average molecular weight is 277 g/mol. The molecule has 0 aromatic heterocycles. The Morgan fingerprint density at radius 3 is 2.50 bits per heavy atom. The van der Waals surface area contributed by atoms with Gasteiger partial charge in [0.1, 0.15) is 5.75 Å². The van der Waals surface area contributed by atoms with E-state index in [0.717, 1.165) is 0 Å². The number of carbonyl (C=O) groups excluding carboxylic acids is 1. The standard InChI is InChI=1S/C15H19NO4/c1-8-5-11(12(6-8)15(19)20)14(18)16-10-3-4-13(17)9(2)7-10/h3-4,7-8,11-12,17H,5-6H2,1-2H3,(H,16,18)(H,19,20)/t8?,11-,12+/m0/s1. The van der Waals surface area contributed by atoms with E-state index in [1.165, 1.54) is 6.07 Å². The molecule has 2 rings (SSSR count). The van der Waals surface area contributed by atoms with Crippen molar-refractivity contribution in [2.45, 2.75) is 26.7 Å². The number of aliphatic carboxylic acids is 1. The van der Waals surface area contributed by atoms with Crippen LogP contribution < -0.4 is 5.32 Å². The highest BCUT2D eigenvalue weighted by Gasteiger charge is 2.41. The number of hydrogen-bond acceptors (Lipinski definition) is 3. The molecular formula is C15H19NO4. The highest BCUT2D eigenvalue weighted by Crippen LogP contribution is 2.37. The molecule has 108 valence electrons. The van der Waals surface area contributed by atoms with Crippen LogP contribution in [0, 0.1) is 24.7 Å². The number of aromatic hydroxyl groups is 1. The van der Waals surface area contributed by atoms with Gasteiger partial charge in [-0.25, -0.2) is 0 Å². The molecule has 5 heteroatoms. The fraction of sp³-hybridized carbons (Fsp3) is 0.467. The zero-order valence-electron chi connectivity index (χ0n) is 11.6. The first-order valence-electron chi connectivity index (χ1n) is 6.71. The van der Waals surface area contributed by atoms with E-state index in [4.69, 9.17) is 0 Å². The van der Waals surface area contributed by atoms with Crippen molar-refractivity contribution in [3.8, 4) is 5.75 Å². The van der Waals surface area contributed by atoms with Gasteiger partial charge in [0, 0.05) is 5.69 Å². The molecule has 1 aromatic rings. The molecule has 20 heavy (non-hydrogen) atoms. The van der Waals surface area contributed by atoms with Gasteiger partial charge >= 0.3 is 5.97 Å². The maximum atomic E-state index is 12.2. The monoisotopic (exact) mass is 277 g/mol. The zero-order chi connectivity index (χ0) is 14.9. The fourth-order valence-corrected chi connectivity index (χ4v) is 2.82. The lowest BCUT2D eigenvalue weighted by Crippen LogP contribution is -2.30. The SMILES string of the molecule is Cc1cc(NC(=O)[C@H]2CC(C)C[C@H]2C(=O)O)ccc1O. The number of carboxylic acids is 1. The van der Waals surface area contributed by atoms with Crippen LogP contribution in [0.4, 0.5) is 5.69 Å². The number of anilines is 1. The smallest absolute Gasteiger partial charge is 0.307 e. The summed E-state index contributed by atoms with van der Waals surface area (Å²) in [5, 5.41) is 21.4. The number of rotatable bonds is 3. The minimum absolute atomic E-state index is 0.168. The number of carboxylic acid groups (broad SMARTS) is 1. The number of phenolic OH excluding ortho intramolecular Hbond substituents is 1. The van der Waals surface area contributed by atoms with Crippen molar-refractivity contribution < 1.29 is 19.8 Å². The van der Waals surface area contributed by atoms with Crippen LogP contribution >= 0.6 is 0 Å². The first-order chi connectivity index (χ1) is 9.38. The van der Waals surface area contributed by atoms with Crippen molar-refractivity contribution in [1.82, 2.24) is 0 Å². The second kappa shape index (κ2) is 5.53. The van der Waals surface area contributed by atoms with Crippen molar-refractivity contribution in [3.05, 3.63) is 23.8 Å². The largest absolute Gasteiger partial charge is 0.508 e. The molecule has 0 bridgehead atoms. The minimum atomic E-state index is -0.906. The maximum Gasteiger partial charge on any atom is 0.307 e. The van der Waals surface area contributed by atoms with E-state index in [9.17, 15) is 19.8 Å². The summed E-state index contributed by atoms with van der Waals surface area (Å²) < 4.78 is 0. The van der Waals surface area contributed by atoms with Crippen molar-refractivity contribution in [1.29, 1.82) is 0 Å². The summed E-state index contributed by atoms with van der Waals surface area (Å²) in [4.78, 5) is 23.4. The lowest BCUT2D eigenvalue weighted by atomic mass is 9.95. The first-order valence-corrected chi connectivity index (χ1v) is 6.71. The van der Waals surface area contributed by atoms with Crippen LogP contribution in [-0.2, 0) is 9.59 Å². The highest BCUT2D eigenvalue weighted by molar-refractivity contribution is 5.95. The lowest BCUT2D eigenvalue weighted by Gasteiger charge is -2.16. The molecule has 3 atom stereocenters. The summed E-state index contributed by atoms with van der Waals surface area (Å²) in [5.74, 6) is -1.85. The van der Waals surface area contributed by atoms with Gasteiger partial charge in [0.2, 0.25) is 5.91 Å².